The van der Waals surface area contributed by atoms with Crippen molar-refractivity contribution in [3.63, 3.8) is 0 Å². The molecule has 2 aromatic carbocycles. The summed E-state index contributed by atoms with van der Waals surface area (Å²) in [5.74, 6) is -1.30. The number of hydrogen-bond donors (Lipinski definition) is 1. The van der Waals surface area contributed by atoms with E-state index in [-0.39, 0.29) is 53.8 Å². The van der Waals surface area contributed by atoms with Gasteiger partial charge in [0.25, 0.3) is 0 Å². The van der Waals surface area contributed by atoms with Crippen molar-refractivity contribution in [2.45, 2.75) is 23.8 Å². The molecule has 1 N–H and O–H groups in total. The highest BCUT2D eigenvalue weighted by Crippen LogP contribution is 2.38. The first-order chi connectivity index (χ1) is 17.6. The maximum absolute atomic E-state index is 15.2. The standard InChI is InChI=1S/C25H26FN3O7S/c1-35-22-6-5-16(11-23(22)36-2)37(33,34)28-9-7-27(8-10-28)21-13-20-17(12-19(21)26)24(30)18(25(31)32)14-29(20)15-3-4-15/h5-6,11-15H,3-4,7-10H2,1-2H3,(H,31,32). The zero-order valence-corrected chi connectivity index (χ0v) is 21.1. The van der Waals surface area contributed by atoms with Crippen LogP contribution in [0.3, 0.4) is 0 Å². The maximum Gasteiger partial charge on any atom is 0.341 e. The van der Waals surface area contributed by atoms with Gasteiger partial charge in [0.1, 0.15) is 11.4 Å². The summed E-state index contributed by atoms with van der Waals surface area (Å²) in [5.41, 5.74) is -0.405. The largest absolute Gasteiger partial charge is 0.493 e. The van der Waals surface area contributed by atoms with E-state index in [1.54, 1.807) is 15.5 Å². The third-order valence-corrected chi connectivity index (χ3v) is 8.74. The van der Waals surface area contributed by atoms with Crippen LogP contribution in [0.5, 0.6) is 11.5 Å². The minimum Gasteiger partial charge on any atom is -0.493 e. The smallest absolute Gasteiger partial charge is 0.341 e. The third kappa shape index (κ3) is 4.40. The zero-order valence-electron chi connectivity index (χ0n) is 20.3. The summed E-state index contributed by atoms with van der Waals surface area (Å²) in [6, 6.07) is 7.10. The van der Waals surface area contributed by atoms with Crippen molar-refractivity contribution in [2.24, 2.45) is 0 Å². The minimum atomic E-state index is -3.82. The Labute approximate surface area is 212 Å². The van der Waals surface area contributed by atoms with Gasteiger partial charge in [-0.3, -0.25) is 4.79 Å². The Balaban J connectivity index is 1.43. The Kier molecular flexibility index (Phi) is 6.32. The fourth-order valence-electron chi connectivity index (χ4n) is 4.70. The molecule has 12 heteroatoms. The Morgan fingerprint density at radius 2 is 1.70 bits per heavy atom. The van der Waals surface area contributed by atoms with Crippen molar-refractivity contribution < 1.29 is 32.2 Å². The van der Waals surface area contributed by atoms with Crippen molar-refractivity contribution in [3.8, 4) is 11.5 Å². The van der Waals surface area contributed by atoms with Crippen molar-refractivity contribution in [2.75, 3.05) is 45.3 Å². The molecule has 1 saturated carbocycles. The number of methoxy groups -OCH3 is 2. The van der Waals surface area contributed by atoms with Gasteiger partial charge in [-0.05, 0) is 37.1 Å². The number of anilines is 1. The van der Waals surface area contributed by atoms with E-state index in [2.05, 4.69) is 0 Å². The molecule has 2 aliphatic rings. The van der Waals surface area contributed by atoms with Gasteiger partial charge in [-0.25, -0.2) is 17.6 Å². The fourth-order valence-corrected chi connectivity index (χ4v) is 6.14. The molecule has 0 spiro atoms. The summed E-state index contributed by atoms with van der Waals surface area (Å²) in [5, 5.41) is 9.44. The van der Waals surface area contributed by atoms with E-state index in [4.69, 9.17) is 9.47 Å². The van der Waals surface area contributed by atoms with Crippen LogP contribution in [0.1, 0.15) is 29.2 Å². The average molecular weight is 532 g/mol. The minimum absolute atomic E-state index is 0.0164. The molecule has 0 atom stereocenters. The molecule has 0 radical (unpaired) electrons. The summed E-state index contributed by atoms with van der Waals surface area (Å²) < 4.78 is 55.2. The number of nitrogens with zero attached hydrogens (tertiary/aromatic N) is 3. The molecule has 196 valence electrons. The quantitative estimate of drug-likeness (QED) is 0.495. The third-order valence-electron chi connectivity index (χ3n) is 6.84. The number of carbonyl (C=O) groups is 1. The topological polar surface area (TPSA) is 118 Å². The van der Waals surface area contributed by atoms with Crippen LogP contribution in [-0.4, -0.2) is 68.8 Å². The summed E-state index contributed by atoms with van der Waals surface area (Å²) in [6.07, 6.45) is 3.02. The SMILES string of the molecule is COc1ccc(S(=O)(=O)N2CCN(c3cc4c(cc3F)c(=O)c(C(=O)O)cn4C3CC3)CC2)cc1OC. The first kappa shape index (κ1) is 25.0. The van der Waals surface area contributed by atoms with Crippen molar-refractivity contribution >= 4 is 32.6 Å². The molecule has 3 aromatic rings. The van der Waals surface area contributed by atoms with Gasteiger partial charge in [-0.1, -0.05) is 0 Å². The van der Waals surface area contributed by atoms with Crippen LogP contribution < -0.4 is 19.8 Å². The number of ether oxygens (including phenoxy) is 2. The van der Waals surface area contributed by atoms with Gasteiger partial charge in [0.05, 0.1) is 30.3 Å². The molecule has 0 unspecified atom stereocenters. The molecule has 1 aromatic heterocycles. The van der Waals surface area contributed by atoms with Crippen molar-refractivity contribution in [3.05, 3.63) is 58.1 Å². The Morgan fingerprint density at radius 3 is 2.30 bits per heavy atom. The molecule has 10 nitrogen and oxygen atoms in total. The summed E-state index contributed by atoms with van der Waals surface area (Å²) in [6.45, 7) is 0.717. The molecular formula is C25H26FN3O7S. The Morgan fingerprint density at radius 1 is 1.03 bits per heavy atom. The molecule has 0 bridgehead atoms. The number of fused-ring (bicyclic) bond motifs is 1. The van der Waals surface area contributed by atoms with E-state index in [0.29, 0.717) is 17.0 Å². The van der Waals surface area contributed by atoms with Gasteiger partial charge >= 0.3 is 5.97 Å². The van der Waals surface area contributed by atoms with Crippen LogP contribution in [0, 0.1) is 5.82 Å². The van der Waals surface area contributed by atoms with Gasteiger partial charge < -0.3 is 24.0 Å². The first-order valence-corrected chi connectivity index (χ1v) is 13.2. The lowest BCUT2D eigenvalue weighted by molar-refractivity contribution is 0.0694. The molecule has 1 saturated heterocycles. The maximum atomic E-state index is 15.2. The van der Waals surface area contributed by atoms with Gasteiger partial charge in [0.2, 0.25) is 15.5 Å². The lowest BCUT2D eigenvalue weighted by Crippen LogP contribution is -2.49. The highest BCUT2D eigenvalue weighted by Gasteiger charge is 2.32. The molecule has 0 amide bonds. The second-order valence-electron chi connectivity index (χ2n) is 9.04. The Bertz CT molecular complexity index is 1560. The molecule has 2 heterocycles. The number of halogens is 1. The number of hydrogen-bond acceptors (Lipinski definition) is 7. The monoisotopic (exact) mass is 531 g/mol. The molecule has 1 aliphatic heterocycles. The highest BCUT2D eigenvalue weighted by atomic mass is 32.2. The number of rotatable bonds is 7. The Hall–Kier alpha value is -3.64. The molecular weight excluding hydrogens is 505 g/mol. The fraction of sp³-hybridized carbons (Fsp3) is 0.360. The summed E-state index contributed by atoms with van der Waals surface area (Å²) in [7, 11) is -0.931. The second kappa shape index (κ2) is 9.34. The lowest BCUT2D eigenvalue weighted by Gasteiger charge is -2.35. The number of aromatic carboxylic acids is 1. The normalized spacial score (nSPS) is 16.7. The van der Waals surface area contributed by atoms with Crippen LogP contribution in [0.15, 0.2) is 46.2 Å². The summed E-state index contributed by atoms with van der Waals surface area (Å²) in [4.78, 5) is 26.1. The highest BCUT2D eigenvalue weighted by molar-refractivity contribution is 7.89. The number of pyridine rings is 1. The van der Waals surface area contributed by atoms with Gasteiger partial charge in [0, 0.05) is 49.9 Å². The van der Waals surface area contributed by atoms with Crippen LogP contribution in [0.2, 0.25) is 0 Å². The van der Waals surface area contributed by atoms with Crippen LogP contribution in [0.25, 0.3) is 10.9 Å². The van der Waals surface area contributed by atoms with E-state index in [1.165, 1.54) is 42.9 Å². The average Bonchev–Trinajstić information content (AvgIpc) is 3.74. The van der Waals surface area contributed by atoms with Gasteiger partial charge in [0.15, 0.2) is 11.5 Å². The van der Waals surface area contributed by atoms with Crippen LogP contribution in [-0.2, 0) is 10.0 Å². The van der Waals surface area contributed by atoms with E-state index in [1.807, 2.05) is 0 Å². The lowest BCUT2D eigenvalue weighted by atomic mass is 10.1. The first-order valence-electron chi connectivity index (χ1n) is 11.7. The van der Waals surface area contributed by atoms with Crippen molar-refractivity contribution in [1.29, 1.82) is 0 Å². The molecule has 2 fully saturated rings. The van der Waals surface area contributed by atoms with Gasteiger partial charge in [-0.2, -0.15) is 4.31 Å². The van der Waals surface area contributed by atoms with E-state index in [0.717, 1.165) is 18.9 Å². The van der Waals surface area contributed by atoms with E-state index < -0.39 is 27.2 Å². The molecule has 1 aliphatic carbocycles. The second-order valence-corrected chi connectivity index (χ2v) is 11.0. The number of benzene rings is 2. The number of aromatic nitrogens is 1. The van der Waals surface area contributed by atoms with Crippen LogP contribution in [0.4, 0.5) is 10.1 Å². The number of carboxylic acids is 1. The molecule has 37 heavy (non-hydrogen) atoms. The van der Waals surface area contributed by atoms with E-state index >= 15 is 4.39 Å². The van der Waals surface area contributed by atoms with Crippen LogP contribution >= 0.6 is 0 Å². The summed E-state index contributed by atoms with van der Waals surface area (Å²) >= 11 is 0. The van der Waals surface area contributed by atoms with E-state index in [9.17, 15) is 23.1 Å². The number of carboxylic acid groups (broad SMARTS) is 1. The molecule has 5 rings (SSSR count). The van der Waals surface area contributed by atoms with Crippen molar-refractivity contribution in [1.82, 2.24) is 8.87 Å². The number of piperazine rings is 1. The zero-order chi connectivity index (χ0) is 26.5. The predicted molar refractivity (Wildman–Crippen MR) is 134 cm³/mol. The van der Waals surface area contributed by atoms with Gasteiger partial charge in [-0.15, -0.1) is 0 Å². The number of sulfonamides is 1. The predicted octanol–water partition coefficient (Wildman–Crippen LogP) is 2.70.